The molecule has 1 saturated heterocycles. The van der Waals surface area contributed by atoms with Crippen molar-refractivity contribution in [3.63, 3.8) is 0 Å². The number of aliphatic hydroxyl groups is 4. The van der Waals surface area contributed by atoms with E-state index in [-0.39, 0.29) is 74.3 Å². The number of aromatic nitrogens is 2. The Kier molecular flexibility index (Phi) is 18.1. The largest absolute Gasteiger partial charge is 0.508 e. The van der Waals surface area contributed by atoms with Crippen LogP contribution in [0.15, 0.2) is 138 Å². The molecule has 17 heteroatoms. The van der Waals surface area contributed by atoms with Gasteiger partial charge in [-0.15, -0.1) is 0 Å². The van der Waals surface area contributed by atoms with Crippen LogP contribution in [-0.4, -0.2) is 100 Å². The monoisotopic (exact) mass is 1110 g/mol. The van der Waals surface area contributed by atoms with Crippen molar-refractivity contribution in [2.24, 2.45) is 0 Å². The maximum absolute atomic E-state index is 15.1. The van der Waals surface area contributed by atoms with E-state index in [4.69, 9.17) is 14.5 Å². The van der Waals surface area contributed by atoms with Crippen LogP contribution in [0, 0.1) is 0 Å². The molecule has 7 aromatic rings. The topological polar surface area (TPSA) is 236 Å². The molecule has 17 nitrogen and oxygen atoms in total. The Hall–Kier alpha value is -7.93. The minimum absolute atomic E-state index is 0.0547. The van der Waals surface area contributed by atoms with E-state index in [0.29, 0.717) is 42.8 Å². The zero-order valence-corrected chi connectivity index (χ0v) is 46.2. The van der Waals surface area contributed by atoms with Crippen molar-refractivity contribution in [1.29, 1.82) is 0 Å². The van der Waals surface area contributed by atoms with Gasteiger partial charge in [-0.2, -0.15) is 0 Å². The minimum atomic E-state index is -1.90. The van der Waals surface area contributed by atoms with Crippen LogP contribution in [-0.2, 0) is 78.7 Å². The molecule has 0 radical (unpaired) electrons. The number of pyridine rings is 2. The molecule has 0 aliphatic carbocycles. The third kappa shape index (κ3) is 12.6. The molecule has 82 heavy (non-hydrogen) atoms. The van der Waals surface area contributed by atoms with Crippen molar-refractivity contribution in [1.82, 2.24) is 30.0 Å². The van der Waals surface area contributed by atoms with Gasteiger partial charge in [0, 0.05) is 48.3 Å². The normalized spacial score (nSPS) is 19.3. The molecule has 2 aromatic heterocycles. The SMILES string of the molecule is CC[C@@]1(O)C(=O)OCc2c1cc1n(c2=O)Cc2cc3c(CNCCCCCCCCNC(=O)OCc4ccc(CN5C(=O)N(Cc6ccc(CO)cc6)[C@H](Cc6ccccc6)[C@H](O)[C@@H](O)[C@H]5Cc5ccccc5)cc4)c(O)ccc3nc2-1. The Labute approximate surface area is 476 Å². The summed E-state index contributed by atoms with van der Waals surface area (Å²) in [6.07, 6.45) is 3.41. The van der Waals surface area contributed by atoms with Crippen molar-refractivity contribution in [3.8, 4) is 17.1 Å². The molecule has 0 unspecified atom stereocenters. The van der Waals surface area contributed by atoms with Crippen LogP contribution in [0.4, 0.5) is 9.59 Å². The second kappa shape index (κ2) is 25.9. The van der Waals surface area contributed by atoms with Crippen molar-refractivity contribution in [2.45, 2.75) is 141 Å². The number of ether oxygens (including phenoxy) is 2. The van der Waals surface area contributed by atoms with Crippen molar-refractivity contribution in [3.05, 3.63) is 199 Å². The molecule has 5 heterocycles. The van der Waals surface area contributed by atoms with Crippen molar-refractivity contribution >= 4 is 29.0 Å². The van der Waals surface area contributed by atoms with E-state index in [0.717, 1.165) is 95.0 Å². The number of esters is 1. The highest BCUT2D eigenvalue weighted by Crippen LogP contribution is 2.40. The lowest BCUT2D eigenvalue weighted by Crippen LogP contribution is -2.50. The first-order valence-electron chi connectivity index (χ1n) is 28.5. The van der Waals surface area contributed by atoms with Gasteiger partial charge >= 0.3 is 18.1 Å². The molecule has 10 rings (SSSR count). The van der Waals surface area contributed by atoms with Gasteiger partial charge in [0.25, 0.3) is 5.56 Å². The number of nitrogens with zero attached hydrogens (tertiary/aromatic N) is 4. The average Bonchev–Trinajstić information content (AvgIpc) is 3.48. The molecule has 5 atom stereocenters. The lowest BCUT2D eigenvalue weighted by molar-refractivity contribution is -0.172. The van der Waals surface area contributed by atoms with Crippen LogP contribution in [0.5, 0.6) is 5.75 Å². The van der Waals surface area contributed by atoms with Crippen LogP contribution in [0.25, 0.3) is 22.3 Å². The lowest BCUT2D eigenvalue weighted by Gasteiger charge is -2.36. The van der Waals surface area contributed by atoms with Gasteiger partial charge in [-0.25, -0.2) is 19.4 Å². The Bertz CT molecular complexity index is 3430. The fraction of sp³-hybridized carbons (Fsp3) is 0.369. The molecule has 3 aliphatic rings. The number of aliphatic hydroxyl groups excluding tert-OH is 3. The van der Waals surface area contributed by atoms with E-state index in [2.05, 4.69) is 10.6 Å². The summed E-state index contributed by atoms with van der Waals surface area (Å²) in [4.78, 5) is 62.3. The molecule has 0 spiro atoms. The maximum Gasteiger partial charge on any atom is 0.407 e. The molecule has 7 N–H and O–H groups in total. The fourth-order valence-corrected chi connectivity index (χ4v) is 11.7. The summed E-state index contributed by atoms with van der Waals surface area (Å²) in [5, 5.41) is 63.2. The van der Waals surface area contributed by atoms with E-state index < -0.39 is 42.0 Å². The van der Waals surface area contributed by atoms with Gasteiger partial charge in [-0.1, -0.05) is 142 Å². The summed E-state index contributed by atoms with van der Waals surface area (Å²) in [5.74, 6) is -0.614. The third-order valence-electron chi connectivity index (χ3n) is 16.4. The first kappa shape index (κ1) is 57.3. The second-order valence-electron chi connectivity index (χ2n) is 21.9. The first-order chi connectivity index (χ1) is 39.8. The Morgan fingerprint density at radius 2 is 1.29 bits per heavy atom. The van der Waals surface area contributed by atoms with Gasteiger partial charge in [0.2, 0.25) is 0 Å². The summed E-state index contributed by atoms with van der Waals surface area (Å²) in [5.41, 5.74) is 6.60. The van der Waals surface area contributed by atoms with Crippen LogP contribution in [0.1, 0.15) is 108 Å². The number of rotatable bonds is 23. The summed E-state index contributed by atoms with van der Waals surface area (Å²) in [6.45, 7) is 3.68. The number of hydrogen-bond acceptors (Lipinski definition) is 13. The van der Waals surface area contributed by atoms with E-state index in [1.54, 1.807) is 39.5 Å². The molecular formula is C65H72N6O11. The Balaban J connectivity index is 0.670. The molecule has 5 aromatic carbocycles. The van der Waals surface area contributed by atoms with E-state index >= 15 is 4.79 Å². The number of nitrogens with one attached hydrogen (secondary N) is 2. The van der Waals surface area contributed by atoms with E-state index in [1.165, 1.54) is 0 Å². The fourth-order valence-electron chi connectivity index (χ4n) is 11.7. The van der Waals surface area contributed by atoms with Crippen molar-refractivity contribution in [2.75, 3.05) is 13.1 Å². The zero-order valence-electron chi connectivity index (χ0n) is 46.2. The minimum Gasteiger partial charge on any atom is -0.508 e. The number of carbonyl (C=O) groups is 3. The number of amides is 3. The number of fused-ring (bicyclic) bond motifs is 5. The number of aromatic hydroxyl groups is 1. The molecule has 0 bridgehead atoms. The highest BCUT2D eigenvalue weighted by Gasteiger charge is 2.47. The summed E-state index contributed by atoms with van der Waals surface area (Å²) >= 11 is 0. The second-order valence-corrected chi connectivity index (χ2v) is 21.9. The van der Waals surface area contributed by atoms with Crippen molar-refractivity contribution < 1.29 is 49.4 Å². The number of phenolic OH excluding ortho intramolecular Hbond substituents is 1. The maximum atomic E-state index is 15.1. The van der Waals surface area contributed by atoms with Crippen LogP contribution in [0.2, 0.25) is 0 Å². The highest BCUT2D eigenvalue weighted by molar-refractivity contribution is 5.89. The number of unbranched alkanes of at least 4 members (excludes halogenated alkanes) is 5. The van der Waals surface area contributed by atoms with Gasteiger partial charge in [-0.05, 0) is 96.3 Å². The van der Waals surface area contributed by atoms with Gasteiger partial charge in [-0.3, -0.25) is 4.79 Å². The van der Waals surface area contributed by atoms with Gasteiger partial charge in [0.05, 0.1) is 47.7 Å². The summed E-state index contributed by atoms with van der Waals surface area (Å²) in [6, 6.07) is 39.4. The molecule has 0 saturated carbocycles. The molecule has 3 aliphatic heterocycles. The smallest absolute Gasteiger partial charge is 0.407 e. The van der Waals surface area contributed by atoms with Crippen LogP contribution in [0.3, 0.4) is 0 Å². The predicted octanol–water partition coefficient (Wildman–Crippen LogP) is 8.02. The number of alkyl carbamates (subject to hydrolysis) is 1. The number of benzene rings is 5. The van der Waals surface area contributed by atoms with Crippen LogP contribution < -0.4 is 16.2 Å². The zero-order chi connectivity index (χ0) is 57.3. The molecular weight excluding hydrogens is 1040 g/mol. The summed E-state index contributed by atoms with van der Waals surface area (Å²) < 4.78 is 12.4. The first-order valence-corrected chi connectivity index (χ1v) is 28.5. The number of urea groups is 1. The van der Waals surface area contributed by atoms with Gasteiger partial charge in [0.1, 0.15) is 31.2 Å². The Morgan fingerprint density at radius 1 is 0.720 bits per heavy atom. The number of cyclic esters (lactones) is 1. The predicted molar refractivity (Wildman–Crippen MR) is 309 cm³/mol. The Morgan fingerprint density at radius 3 is 1.89 bits per heavy atom. The van der Waals surface area contributed by atoms with Crippen LogP contribution >= 0.6 is 0 Å². The third-order valence-corrected chi connectivity index (χ3v) is 16.4. The molecule has 428 valence electrons. The lowest BCUT2D eigenvalue weighted by atomic mass is 9.86. The van der Waals surface area contributed by atoms with Gasteiger partial charge < -0.3 is 60.0 Å². The van der Waals surface area contributed by atoms with E-state index in [9.17, 15) is 39.9 Å². The molecule has 3 amide bonds. The number of phenols is 1. The average molecular weight is 1110 g/mol. The standard InChI is InChI=1S/C65H72N6O11/c1-2-65(80)52-34-54-58-48(38-69(54)61(76)51(52)41-81-62(65)77)33-49-50(57(73)28-27-53(49)68-58)35-66-29-13-5-3-4-6-14-30-67-63(78)82-40-47-25-21-45(22-26-47)37-71-56(32-43-17-11-8-12-18-43)60(75)59(74)55(31-42-15-9-7-10-16-42)70(64(71)79)36-44-19-23-46(39-72)24-20-44/h7-12,15-28,33-34,55-56,59-60,66,72-75,80H,2-6,13-14,29-32,35-41H2,1H3,(H,67,78)/t55-,56-,59+,60+,65+/m1/s1. The van der Waals surface area contributed by atoms with E-state index in [1.807, 2.05) is 115 Å². The number of hydrogen-bond donors (Lipinski definition) is 7. The summed E-state index contributed by atoms with van der Waals surface area (Å²) in [7, 11) is 0. The molecule has 1 fully saturated rings. The quantitative estimate of drug-likeness (QED) is 0.0238. The number of carbonyl (C=O) groups excluding carboxylic acids is 3. The highest BCUT2D eigenvalue weighted by atomic mass is 16.6. The van der Waals surface area contributed by atoms with Gasteiger partial charge in [0.15, 0.2) is 5.60 Å².